The summed E-state index contributed by atoms with van der Waals surface area (Å²) in [6.45, 7) is -0.132. The summed E-state index contributed by atoms with van der Waals surface area (Å²) in [5, 5.41) is 8.81. The summed E-state index contributed by atoms with van der Waals surface area (Å²) in [4.78, 5) is 7.74. The van der Waals surface area contributed by atoms with E-state index >= 15 is 0 Å². The predicted octanol–water partition coefficient (Wildman–Crippen LogP) is 2.66. The molecule has 0 saturated heterocycles. The Hall–Kier alpha value is -1.53. The van der Waals surface area contributed by atoms with Crippen LogP contribution in [-0.2, 0) is 6.61 Å². The summed E-state index contributed by atoms with van der Waals surface area (Å²) in [6.07, 6.45) is 2.88. The van der Waals surface area contributed by atoms with Crippen LogP contribution in [0.2, 0.25) is 0 Å². The van der Waals surface area contributed by atoms with Crippen LogP contribution in [0.5, 0.6) is 11.8 Å². The Morgan fingerprint density at radius 2 is 2.00 bits per heavy atom. The Kier molecular flexibility index (Phi) is 3.65. The minimum atomic E-state index is -0.422. The maximum Gasteiger partial charge on any atom is 0.321 e. The summed E-state index contributed by atoms with van der Waals surface area (Å²) in [7, 11) is 0. The van der Waals surface area contributed by atoms with Crippen LogP contribution < -0.4 is 4.74 Å². The van der Waals surface area contributed by atoms with Gasteiger partial charge in [-0.15, -0.1) is 0 Å². The third-order valence-electron chi connectivity index (χ3n) is 1.96. The predicted molar refractivity (Wildman–Crippen MR) is 62.1 cm³/mol. The molecule has 1 aromatic heterocycles. The quantitative estimate of drug-likeness (QED) is 0.946. The lowest BCUT2D eigenvalue weighted by Gasteiger charge is -2.04. The first-order chi connectivity index (χ1) is 8.19. The molecule has 0 aliphatic heterocycles. The minimum Gasteiger partial charge on any atom is -0.424 e. The Balaban J connectivity index is 2.16. The maximum atomic E-state index is 13.2. The van der Waals surface area contributed by atoms with Gasteiger partial charge < -0.3 is 9.84 Å². The summed E-state index contributed by atoms with van der Waals surface area (Å²) < 4.78 is 18.8. The van der Waals surface area contributed by atoms with Crippen LogP contribution in [0.15, 0.2) is 35.1 Å². The molecule has 0 amide bonds. The van der Waals surface area contributed by atoms with Gasteiger partial charge in [0.1, 0.15) is 11.6 Å². The number of hydrogen-bond acceptors (Lipinski definition) is 4. The fourth-order valence-corrected chi connectivity index (χ4v) is 1.37. The molecule has 0 spiro atoms. The van der Waals surface area contributed by atoms with E-state index in [0.29, 0.717) is 15.8 Å². The van der Waals surface area contributed by atoms with Crippen LogP contribution in [0.1, 0.15) is 5.56 Å². The van der Waals surface area contributed by atoms with Gasteiger partial charge in [0.2, 0.25) is 0 Å². The molecule has 0 radical (unpaired) electrons. The molecule has 2 aromatic rings. The third-order valence-corrected chi connectivity index (χ3v) is 2.61. The van der Waals surface area contributed by atoms with Gasteiger partial charge in [0, 0.05) is 24.0 Å². The van der Waals surface area contributed by atoms with Gasteiger partial charge in [-0.05, 0) is 28.1 Å². The van der Waals surface area contributed by atoms with Gasteiger partial charge in [0.15, 0.2) is 0 Å². The highest BCUT2D eigenvalue weighted by Crippen LogP contribution is 2.23. The SMILES string of the molecule is OCc1cnc(Oc2ccc(Br)c(F)c2)nc1. The van der Waals surface area contributed by atoms with Crippen molar-refractivity contribution in [2.45, 2.75) is 6.61 Å². The zero-order valence-corrected chi connectivity index (χ0v) is 10.2. The first-order valence-electron chi connectivity index (χ1n) is 4.73. The molecule has 2 rings (SSSR count). The van der Waals surface area contributed by atoms with Crippen LogP contribution in [0.3, 0.4) is 0 Å². The van der Waals surface area contributed by atoms with Crippen molar-refractivity contribution in [1.82, 2.24) is 9.97 Å². The second-order valence-corrected chi connectivity index (χ2v) is 4.06. The second kappa shape index (κ2) is 5.20. The van der Waals surface area contributed by atoms with Crippen molar-refractivity contribution in [3.8, 4) is 11.8 Å². The molecule has 0 saturated carbocycles. The van der Waals surface area contributed by atoms with Gasteiger partial charge in [-0.3, -0.25) is 0 Å². The number of hydrogen-bond donors (Lipinski definition) is 1. The Labute approximate surface area is 105 Å². The fraction of sp³-hybridized carbons (Fsp3) is 0.0909. The standard InChI is InChI=1S/C11H8BrFN2O2/c12-9-2-1-8(3-10(9)13)17-11-14-4-7(6-16)5-15-11/h1-5,16H,6H2. The van der Waals surface area contributed by atoms with E-state index in [-0.39, 0.29) is 12.6 Å². The number of aliphatic hydroxyl groups excluding tert-OH is 1. The van der Waals surface area contributed by atoms with Crippen LogP contribution in [0.4, 0.5) is 4.39 Å². The van der Waals surface area contributed by atoms with E-state index in [1.54, 1.807) is 6.07 Å². The molecule has 6 heteroatoms. The Morgan fingerprint density at radius 3 is 2.59 bits per heavy atom. The molecule has 4 nitrogen and oxygen atoms in total. The molecule has 0 fully saturated rings. The smallest absolute Gasteiger partial charge is 0.321 e. The largest absolute Gasteiger partial charge is 0.424 e. The summed E-state index contributed by atoms with van der Waals surface area (Å²) in [5.74, 6) is -0.114. The van der Waals surface area contributed by atoms with E-state index in [1.165, 1.54) is 24.5 Å². The van der Waals surface area contributed by atoms with Crippen LogP contribution in [0, 0.1) is 5.82 Å². The number of aliphatic hydroxyl groups is 1. The van der Waals surface area contributed by atoms with Crippen LogP contribution in [-0.4, -0.2) is 15.1 Å². The number of halogens is 2. The molecule has 0 unspecified atom stereocenters. The lowest BCUT2D eigenvalue weighted by Crippen LogP contribution is -1.94. The van der Waals surface area contributed by atoms with E-state index in [9.17, 15) is 4.39 Å². The summed E-state index contributed by atoms with van der Waals surface area (Å²) in [5.41, 5.74) is 0.583. The van der Waals surface area contributed by atoms with E-state index in [2.05, 4.69) is 25.9 Å². The zero-order chi connectivity index (χ0) is 12.3. The van der Waals surface area contributed by atoms with Crippen molar-refractivity contribution in [3.05, 3.63) is 46.4 Å². The number of nitrogens with zero attached hydrogens (tertiary/aromatic N) is 2. The Morgan fingerprint density at radius 1 is 1.29 bits per heavy atom. The van der Waals surface area contributed by atoms with Gasteiger partial charge in [-0.1, -0.05) is 0 Å². The number of benzene rings is 1. The fourth-order valence-electron chi connectivity index (χ4n) is 1.12. The maximum absolute atomic E-state index is 13.2. The van der Waals surface area contributed by atoms with Crippen molar-refractivity contribution in [1.29, 1.82) is 0 Å². The highest BCUT2D eigenvalue weighted by atomic mass is 79.9. The van der Waals surface area contributed by atoms with Gasteiger partial charge in [0.25, 0.3) is 0 Å². The molecule has 0 atom stereocenters. The normalized spacial score (nSPS) is 10.3. The number of ether oxygens (including phenoxy) is 1. The lowest BCUT2D eigenvalue weighted by molar-refractivity contribution is 0.280. The van der Waals surface area contributed by atoms with E-state index in [4.69, 9.17) is 9.84 Å². The average molecular weight is 299 g/mol. The molecular formula is C11H8BrFN2O2. The molecule has 1 heterocycles. The third kappa shape index (κ3) is 2.98. The molecular weight excluding hydrogens is 291 g/mol. The Bertz CT molecular complexity index is 519. The summed E-state index contributed by atoms with van der Waals surface area (Å²) >= 11 is 3.04. The molecule has 88 valence electrons. The highest BCUT2D eigenvalue weighted by Gasteiger charge is 2.04. The molecule has 17 heavy (non-hydrogen) atoms. The lowest BCUT2D eigenvalue weighted by atomic mass is 10.3. The monoisotopic (exact) mass is 298 g/mol. The molecule has 1 N–H and O–H groups in total. The molecule has 0 aliphatic rings. The first-order valence-corrected chi connectivity index (χ1v) is 5.53. The van der Waals surface area contributed by atoms with Crippen molar-refractivity contribution < 1.29 is 14.2 Å². The van der Waals surface area contributed by atoms with Crippen molar-refractivity contribution in [3.63, 3.8) is 0 Å². The van der Waals surface area contributed by atoms with Gasteiger partial charge in [-0.2, -0.15) is 0 Å². The second-order valence-electron chi connectivity index (χ2n) is 3.21. The van der Waals surface area contributed by atoms with E-state index in [1.807, 2.05) is 0 Å². The van der Waals surface area contributed by atoms with Gasteiger partial charge in [0.05, 0.1) is 11.1 Å². The first kappa shape index (κ1) is 11.9. The highest BCUT2D eigenvalue weighted by molar-refractivity contribution is 9.10. The van der Waals surface area contributed by atoms with Crippen LogP contribution >= 0.6 is 15.9 Å². The van der Waals surface area contributed by atoms with E-state index in [0.717, 1.165) is 0 Å². The van der Waals surface area contributed by atoms with Crippen molar-refractivity contribution in [2.75, 3.05) is 0 Å². The average Bonchev–Trinajstić information content (AvgIpc) is 2.35. The number of aromatic nitrogens is 2. The van der Waals surface area contributed by atoms with Gasteiger partial charge >= 0.3 is 6.01 Å². The van der Waals surface area contributed by atoms with Crippen molar-refractivity contribution in [2.24, 2.45) is 0 Å². The van der Waals surface area contributed by atoms with E-state index < -0.39 is 5.82 Å². The molecule has 0 aliphatic carbocycles. The molecule has 1 aromatic carbocycles. The number of rotatable bonds is 3. The van der Waals surface area contributed by atoms with Crippen LogP contribution in [0.25, 0.3) is 0 Å². The minimum absolute atomic E-state index is 0.101. The topological polar surface area (TPSA) is 55.2 Å². The van der Waals surface area contributed by atoms with Crippen molar-refractivity contribution >= 4 is 15.9 Å². The zero-order valence-electron chi connectivity index (χ0n) is 8.60. The van der Waals surface area contributed by atoms with Gasteiger partial charge in [-0.25, -0.2) is 14.4 Å². The molecule has 0 bridgehead atoms. The summed E-state index contributed by atoms with van der Waals surface area (Å²) in [6, 6.07) is 4.46.